The van der Waals surface area contributed by atoms with Gasteiger partial charge in [0.25, 0.3) is 5.56 Å². The lowest BCUT2D eigenvalue weighted by Gasteiger charge is -2.22. The van der Waals surface area contributed by atoms with Crippen molar-refractivity contribution in [2.45, 2.75) is 38.1 Å². The van der Waals surface area contributed by atoms with Crippen LogP contribution in [0.2, 0.25) is 5.02 Å². The highest BCUT2D eigenvalue weighted by atomic mass is 35.5. The van der Waals surface area contributed by atoms with Gasteiger partial charge in [-0.15, -0.1) is 0 Å². The minimum atomic E-state index is -3.87. The van der Waals surface area contributed by atoms with Crippen molar-refractivity contribution >= 4 is 19.3 Å². The average molecular weight is 503 g/mol. The molecule has 12 nitrogen and oxygen atoms in total. The summed E-state index contributed by atoms with van der Waals surface area (Å²) >= 11 is 5.86. The van der Waals surface area contributed by atoms with Gasteiger partial charge in [-0.05, 0) is 36.2 Å². The highest BCUT2D eigenvalue weighted by Gasteiger charge is 2.39. The molecule has 1 saturated heterocycles. The minimum Gasteiger partial charge on any atom is -0.413 e. The van der Waals surface area contributed by atoms with Crippen LogP contribution in [0, 0.1) is 5.82 Å². The summed E-state index contributed by atoms with van der Waals surface area (Å²) in [6.45, 7) is 1.86. The van der Waals surface area contributed by atoms with E-state index >= 15 is 0 Å². The zero-order valence-electron chi connectivity index (χ0n) is 17.4. The Bertz CT molecular complexity index is 1180. The molecule has 2 aromatic rings. The predicted octanol–water partition coefficient (Wildman–Crippen LogP) is 3.50. The number of benzene rings is 1. The van der Waals surface area contributed by atoms with E-state index in [1.54, 1.807) is 12.1 Å². The summed E-state index contributed by atoms with van der Waals surface area (Å²) in [5, 5.41) is 6.82. The largest absolute Gasteiger partial charge is 0.458 e. The van der Waals surface area contributed by atoms with Gasteiger partial charge in [0, 0.05) is 22.9 Å². The quantitative estimate of drug-likeness (QED) is 0.217. The molecule has 1 unspecified atom stereocenters. The van der Waals surface area contributed by atoms with E-state index in [2.05, 4.69) is 15.1 Å². The maximum atomic E-state index is 13.7. The zero-order chi connectivity index (χ0) is 24.0. The highest BCUT2D eigenvalue weighted by molar-refractivity contribution is 7.52. The van der Waals surface area contributed by atoms with Gasteiger partial charge in [-0.25, -0.2) is 14.4 Å². The van der Waals surface area contributed by atoms with Crippen molar-refractivity contribution in [1.29, 1.82) is 0 Å². The van der Waals surface area contributed by atoms with Crippen LogP contribution in [0.4, 0.5) is 4.39 Å². The Kier molecular flexibility index (Phi) is 8.30. The lowest BCUT2D eigenvalue weighted by molar-refractivity contribution is -0.0244. The molecule has 1 aromatic carbocycles. The van der Waals surface area contributed by atoms with Crippen LogP contribution >= 0.6 is 19.3 Å². The van der Waals surface area contributed by atoms with Crippen LogP contribution in [-0.2, 0) is 13.8 Å². The molecule has 178 valence electrons. The molecule has 4 atom stereocenters. The fraction of sp³-hybridized carbons (Fsp3) is 0.444. The number of nitrogens with zero attached hydrogens (tertiary/aromatic N) is 4. The SMILES string of the molecule is CCCNP(=O)(OC[C@H]1O[C@@H](n2cc(F)c(=O)[nH]c2=O)C[C@@H]1N=[N+]=[N-])Oc1ccc(Cl)cc1. The van der Waals surface area contributed by atoms with E-state index in [9.17, 15) is 18.5 Å². The van der Waals surface area contributed by atoms with Crippen molar-refractivity contribution in [3.63, 3.8) is 0 Å². The fourth-order valence-electron chi connectivity index (χ4n) is 3.06. The first-order chi connectivity index (χ1) is 15.7. The zero-order valence-corrected chi connectivity index (χ0v) is 19.0. The second kappa shape index (κ2) is 11.0. The maximum Gasteiger partial charge on any atom is 0.458 e. The lowest BCUT2D eigenvalue weighted by atomic mass is 10.1. The van der Waals surface area contributed by atoms with Crippen molar-refractivity contribution in [3.05, 3.63) is 72.6 Å². The number of aromatic nitrogens is 2. The van der Waals surface area contributed by atoms with Crippen LogP contribution in [0.15, 0.2) is 45.2 Å². The Morgan fingerprint density at radius 3 is 2.82 bits per heavy atom. The van der Waals surface area contributed by atoms with E-state index in [-0.39, 0.29) is 18.8 Å². The van der Waals surface area contributed by atoms with Crippen LogP contribution in [0.1, 0.15) is 26.0 Å². The summed E-state index contributed by atoms with van der Waals surface area (Å²) < 4.78 is 44.6. The molecule has 0 saturated carbocycles. The Morgan fingerprint density at radius 1 is 1.42 bits per heavy atom. The molecule has 0 bridgehead atoms. The smallest absolute Gasteiger partial charge is 0.413 e. The molecule has 0 spiro atoms. The number of rotatable bonds is 10. The van der Waals surface area contributed by atoms with Crippen LogP contribution < -0.4 is 20.9 Å². The van der Waals surface area contributed by atoms with E-state index in [4.69, 9.17) is 30.9 Å². The third-order valence-corrected chi connectivity index (χ3v) is 6.45. The number of aromatic amines is 1. The standard InChI is InChI=1S/C18H21ClFN6O6P/c1-2-7-22-33(29,32-12-5-3-11(19)4-6-12)30-10-15-14(24-25-21)8-16(31-15)26-9-13(20)17(27)23-18(26)28/h3-6,9,14-16H,2,7-8,10H2,1H3,(H,22,29)(H,23,27,28)/t14-,15+,16+,33?/m0/s1. The minimum absolute atomic E-state index is 0.00575. The Hall–Kier alpha value is -2.66. The van der Waals surface area contributed by atoms with E-state index in [1.807, 2.05) is 11.9 Å². The number of ether oxygens (including phenoxy) is 1. The number of nitrogens with one attached hydrogen (secondary N) is 2. The van der Waals surface area contributed by atoms with Crippen molar-refractivity contribution < 1.29 is 22.7 Å². The molecule has 2 heterocycles. The summed E-state index contributed by atoms with van der Waals surface area (Å²) in [5.41, 5.74) is 6.82. The summed E-state index contributed by atoms with van der Waals surface area (Å²) in [7, 11) is -3.87. The molecule has 0 aliphatic carbocycles. The number of hydrogen-bond acceptors (Lipinski definition) is 7. The molecular formula is C18H21ClFN6O6P. The Labute approximate surface area is 191 Å². The van der Waals surface area contributed by atoms with E-state index in [0.29, 0.717) is 24.2 Å². The van der Waals surface area contributed by atoms with Gasteiger partial charge in [0.1, 0.15) is 12.0 Å². The van der Waals surface area contributed by atoms with Crippen LogP contribution in [-0.4, -0.2) is 34.8 Å². The number of H-pyrrole nitrogens is 1. The van der Waals surface area contributed by atoms with Gasteiger partial charge in [0.2, 0.25) is 5.82 Å². The summed E-state index contributed by atoms with van der Waals surface area (Å²) in [5.74, 6) is -0.929. The van der Waals surface area contributed by atoms with E-state index in [0.717, 1.165) is 4.57 Å². The van der Waals surface area contributed by atoms with Crippen molar-refractivity contribution in [2.24, 2.45) is 5.11 Å². The van der Waals surface area contributed by atoms with Crippen molar-refractivity contribution in [3.8, 4) is 5.75 Å². The van der Waals surface area contributed by atoms with Crippen molar-refractivity contribution in [2.75, 3.05) is 13.2 Å². The molecule has 33 heavy (non-hydrogen) atoms. The molecule has 1 fully saturated rings. The third-order valence-electron chi connectivity index (χ3n) is 4.64. The molecule has 1 aliphatic rings. The second-order valence-electron chi connectivity index (χ2n) is 7.03. The second-order valence-corrected chi connectivity index (χ2v) is 9.22. The lowest BCUT2D eigenvalue weighted by Crippen LogP contribution is -2.34. The predicted molar refractivity (Wildman–Crippen MR) is 117 cm³/mol. The van der Waals surface area contributed by atoms with Crippen molar-refractivity contribution in [1.82, 2.24) is 14.6 Å². The normalized spacial score (nSPS) is 21.8. The van der Waals surface area contributed by atoms with E-state index in [1.165, 1.54) is 12.1 Å². The van der Waals surface area contributed by atoms with Gasteiger partial charge in [0.15, 0.2) is 0 Å². The van der Waals surface area contributed by atoms with Crippen LogP contribution in [0.3, 0.4) is 0 Å². The third kappa shape index (κ3) is 6.44. The maximum absolute atomic E-state index is 13.7. The van der Waals surface area contributed by atoms with Gasteiger partial charge in [-0.1, -0.05) is 23.6 Å². The first kappa shape index (κ1) is 25.0. The van der Waals surface area contributed by atoms with Crippen LogP contribution in [0.25, 0.3) is 10.4 Å². The van der Waals surface area contributed by atoms with Gasteiger partial charge in [0.05, 0.1) is 24.9 Å². The molecule has 3 rings (SSSR count). The summed E-state index contributed by atoms with van der Waals surface area (Å²) in [4.78, 5) is 27.9. The molecule has 0 radical (unpaired) electrons. The monoisotopic (exact) mass is 502 g/mol. The van der Waals surface area contributed by atoms with Crippen LogP contribution in [0.5, 0.6) is 5.75 Å². The summed E-state index contributed by atoms with van der Waals surface area (Å²) in [6.07, 6.45) is -0.638. The number of hydrogen-bond donors (Lipinski definition) is 2. The molecule has 1 aliphatic heterocycles. The molecule has 2 N–H and O–H groups in total. The van der Waals surface area contributed by atoms with Gasteiger partial charge < -0.3 is 9.26 Å². The molecule has 1 aromatic heterocycles. The number of azide groups is 1. The Balaban J connectivity index is 1.77. The summed E-state index contributed by atoms with van der Waals surface area (Å²) in [6, 6.07) is 5.34. The Morgan fingerprint density at radius 2 is 2.15 bits per heavy atom. The van der Waals surface area contributed by atoms with E-state index < -0.39 is 43.2 Å². The molecule has 15 heteroatoms. The van der Waals surface area contributed by atoms with Gasteiger partial charge >= 0.3 is 13.4 Å². The first-order valence-corrected chi connectivity index (χ1v) is 11.8. The van der Waals surface area contributed by atoms with Gasteiger partial charge in [-0.2, -0.15) is 4.39 Å². The average Bonchev–Trinajstić information content (AvgIpc) is 3.18. The highest BCUT2D eigenvalue weighted by Crippen LogP contribution is 2.45. The topological polar surface area (TPSA) is 160 Å². The molecule has 0 amide bonds. The molecular weight excluding hydrogens is 482 g/mol. The number of halogens is 2. The first-order valence-electron chi connectivity index (χ1n) is 9.90. The fourth-order valence-corrected chi connectivity index (χ4v) is 4.63. The van der Waals surface area contributed by atoms with Gasteiger partial charge in [-0.3, -0.25) is 18.9 Å².